The molecule has 1 aliphatic heterocycles. The topological polar surface area (TPSA) is 3.24 Å². The highest BCUT2D eigenvalue weighted by molar-refractivity contribution is 5.27. The van der Waals surface area contributed by atoms with Gasteiger partial charge < -0.3 is 0 Å². The number of nitrogens with zero attached hydrogens (tertiary/aromatic N) is 1. The van der Waals surface area contributed by atoms with E-state index in [1.807, 2.05) is 13.0 Å². The Labute approximate surface area is 97.3 Å². The molecule has 0 N–H and O–H groups in total. The highest BCUT2D eigenvalue weighted by atomic mass is 19.1. The van der Waals surface area contributed by atoms with Gasteiger partial charge in [-0.25, -0.2) is 4.39 Å². The van der Waals surface area contributed by atoms with Gasteiger partial charge in [0.2, 0.25) is 0 Å². The molecular formula is C14H20FN. The Kier molecular flexibility index (Phi) is 3.59. The van der Waals surface area contributed by atoms with Gasteiger partial charge in [0.25, 0.3) is 0 Å². The standard InChI is InChI=1S/C14H20FN/c1-3-11-7-8-12(10-13(11)15)14-6-4-5-9-16(14)2/h7-8,10,14H,3-6,9H2,1-2H3. The Balaban J connectivity index is 2.22. The Morgan fingerprint density at radius 2 is 2.19 bits per heavy atom. The van der Waals surface area contributed by atoms with E-state index < -0.39 is 0 Å². The molecule has 2 rings (SSSR count). The second-order valence-electron chi connectivity index (χ2n) is 4.70. The number of piperidine rings is 1. The summed E-state index contributed by atoms with van der Waals surface area (Å²) in [7, 11) is 2.13. The lowest BCUT2D eigenvalue weighted by Gasteiger charge is -2.32. The van der Waals surface area contributed by atoms with Gasteiger partial charge in [0.1, 0.15) is 5.82 Å². The highest BCUT2D eigenvalue weighted by Gasteiger charge is 2.21. The number of likely N-dealkylation sites (tertiary alicyclic amines) is 1. The largest absolute Gasteiger partial charge is 0.299 e. The average molecular weight is 221 g/mol. The third-order valence-electron chi connectivity index (χ3n) is 3.61. The fourth-order valence-electron chi connectivity index (χ4n) is 2.55. The molecule has 1 aliphatic rings. The number of rotatable bonds is 2. The van der Waals surface area contributed by atoms with Crippen LogP contribution in [0.15, 0.2) is 18.2 Å². The highest BCUT2D eigenvalue weighted by Crippen LogP contribution is 2.30. The quantitative estimate of drug-likeness (QED) is 0.738. The molecule has 1 saturated heterocycles. The summed E-state index contributed by atoms with van der Waals surface area (Å²) in [5.41, 5.74) is 1.96. The van der Waals surface area contributed by atoms with Crippen molar-refractivity contribution in [1.82, 2.24) is 4.90 Å². The Morgan fingerprint density at radius 3 is 2.81 bits per heavy atom. The van der Waals surface area contributed by atoms with Crippen LogP contribution in [0.4, 0.5) is 4.39 Å². The van der Waals surface area contributed by atoms with E-state index >= 15 is 0 Å². The molecule has 0 radical (unpaired) electrons. The summed E-state index contributed by atoms with van der Waals surface area (Å²) in [6.07, 6.45) is 4.45. The van der Waals surface area contributed by atoms with E-state index in [0.717, 1.165) is 30.5 Å². The minimum atomic E-state index is -0.0426. The van der Waals surface area contributed by atoms with Gasteiger partial charge in [-0.3, -0.25) is 4.90 Å². The molecule has 1 fully saturated rings. The first-order chi connectivity index (χ1) is 7.72. The fraction of sp³-hybridized carbons (Fsp3) is 0.571. The van der Waals surface area contributed by atoms with Crippen molar-refractivity contribution in [2.75, 3.05) is 13.6 Å². The predicted octanol–water partition coefficient (Wildman–Crippen LogP) is 3.54. The van der Waals surface area contributed by atoms with Crippen molar-refractivity contribution in [3.63, 3.8) is 0 Å². The van der Waals surface area contributed by atoms with Gasteiger partial charge in [0, 0.05) is 6.04 Å². The van der Waals surface area contributed by atoms with E-state index in [2.05, 4.69) is 18.0 Å². The normalized spacial score (nSPS) is 22.3. The maximum atomic E-state index is 13.7. The van der Waals surface area contributed by atoms with E-state index in [1.165, 1.54) is 12.8 Å². The van der Waals surface area contributed by atoms with Crippen molar-refractivity contribution in [3.05, 3.63) is 35.1 Å². The minimum absolute atomic E-state index is 0.0426. The van der Waals surface area contributed by atoms with Crippen LogP contribution in [0.5, 0.6) is 0 Å². The summed E-state index contributed by atoms with van der Waals surface area (Å²) < 4.78 is 13.7. The van der Waals surface area contributed by atoms with E-state index in [1.54, 1.807) is 6.07 Å². The van der Waals surface area contributed by atoms with E-state index in [9.17, 15) is 4.39 Å². The number of benzene rings is 1. The maximum Gasteiger partial charge on any atom is 0.126 e. The molecule has 1 aromatic rings. The zero-order valence-electron chi connectivity index (χ0n) is 10.2. The van der Waals surface area contributed by atoms with Crippen LogP contribution in [-0.2, 0) is 6.42 Å². The monoisotopic (exact) mass is 221 g/mol. The smallest absolute Gasteiger partial charge is 0.126 e. The third kappa shape index (κ3) is 2.27. The zero-order chi connectivity index (χ0) is 11.5. The molecule has 0 aromatic heterocycles. The molecule has 1 heterocycles. The minimum Gasteiger partial charge on any atom is -0.299 e. The molecule has 0 aliphatic carbocycles. The number of hydrogen-bond acceptors (Lipinski definition) is 1. The lowest BCUT2D eigenvalue weighted by atomic mass is 9.94. The number of halogens is 1. The molecule has 1 atom stereocenters. The first-order valence-corrected chi connectivity index (χ1v) is 6.21. The summed E-state index contributed by atoms with van der Waals surface area (Å²) in [5, 5.41) is 0. The summed E-state index contributed by atoms with van der Waals surface area (Å²) >= 11 is 0. The molecule has 1 unspecified atom stereocenters. The van der Waals surface area contributed by atoms with Crippen LogP contribution >= 0.6 is 0 Å². The van der Waals surface area contributed by atoms with Gasteiger partial charge in [-0.15, -0.1) is 0 Å². The number of hydrogen-bond donors (Lipinski definition) is 0. The van der Waals surface area contributed by atoms with Gasteiger partial charge in [-0.05, 0) is 50.0 Å². The molecule has 16 heavy (non-hydrogen) atoms. The van der Waals surface area contributed by atoms with Crippen molar-refractivity contribution in [1.29, 1.82) is 0 Å². The van der Waals surface area contributed by atoms with Crippen molar-refractivity contribution in [2.45, 2.75) is 38.6 Å². The average Bonchev–Trinajstić information content (AvgIpc) is 2.29. The SMILES string of the molecule is CCc1ccc(C2CCCCN2C)cc1F. The van der Waals surface area contributed by atoms with Gasteiger partial charge in [-0.2, -0.15) is 0 Å². The summed E-state index contributed by atoms with van der Waals surface area (Å²) in [4.78, 5) is 2.34. The molecular weight excluding hydrogens is 201 g/mol. The van der Waals surface area contributed by atoms with Crippen LogP contribution in [0, 0.1) is 5.82 Å². The Morgan fingerprint density at radius 1 is 1.38 bits per heavy atom. The van der Waals surface area contributed by atoms with Crippen LogP contribution in [0.25, 0.3) is 0 Å². The molecule has 0 spiro atoms. The van der Waals surface area contributed by atoms with Gasteiger partial charge in [-0.1, -0.05) is 25.5 Å². The Hall–Kier alpha value is -0.890. The van der Waals surface area contributed by atoms with Crippen LogP contribution < -0.4 is 0 Å². The van der Waals surface area contributed by atoms with Gasteiger partial charge in [0.15, 0.2) is 0 Å². The third-order valence-corrected chi connectivity index (χ3v) is 3.61. The fourth-order valence-corrected chi connectivity index (χ4v) is 2.55. The van der Waals surface area contributed by atoms with E-state index in [0.29, 0.717) is 6.04 Å². The van der Waals surface area contributed by atoms with E-state index in [-0.39, 0.29) is 5.82 Å². The molecule has 0 amide bonds. The van der Waals surface area contributed by atoms with E-state index in [4.69, 9.17) is 0 Å². The molecule has 0 bridgehead atoms. The van der Waals surface area contributed by atoms with Crippen LogP contribution in [-0.4, -0.2) is 18.5 Å². The molecule has 88 valence electrons. The molecule has 2 heteroatoms. The van der Waals surface area contributed by atoms with Gasteiger partial charge >= 0.3 is 0 Å². The first-order valence-electron chi connectivity index (χ1n) is 6.21. The Bertz CT molecular complexity index is 362. The second-order valence-corrected chi connectivity index (χ2v) is 4.70. The summed E-state index contributed by atoms with van der Waals surface area (Å²) in [6.45, 7) is 3.12. The van der Waals surface area contributed by atoms with Crippen LogP contribution in [0.3, 0.4) is 0 Å². The second kappa shape index (κ2) is 4.96. The van der Waals surface area contributed by atoms with Gasteiger partial charge in [0.05, 0.1) is 0 Å². The lowest BCUT2D eigenvalue weighted by molar-refractivity contribution is 0.187. The van der Waals surface area contributed by atoms with Crippen molar-refractivity contribution in [3.8, 4) is 0 Å². The summed E-state index contributed by atoms with van der Waals surface area (Å²) in [6, 6.07) is 6.17. The number of aryl methyl sites for hydroxylation is 1. The van der Waals surface area contributed by atoms with Crippen molar-refractivity contribution in [2.24, 2.45) is 0 Å². The lowest BCUT2D eigenvalue weighted by Crippen LogP contribution is -2.29. The maximum absolute atomic E-state index is 13.7. The molecule has 1 aromatic carbocycles. The summed E-state index contributed by atoms with van der Waals surface area (Å²) in [5.74, 6) is -0.0426. The molecule has 0 saturated carbocycles. The molecule has 1 nitrogen and oxygen atoms in total. The predicted molar refractivity (Wildman–Crippen MR) is 65.0 cm³/mol. The zero-order valence-corrected chi connectivity index (χ0v) is 10.2. The van der Waals surface area contributed by atoms with Crippen molar-refractivity contribution >= 4 is 0 Å². The van der Waals surface area contributed by atoms with Crippen LogP contribution in [0.1, 0.15) is 43.4 Å². The van der Waals surface area contributed by atoms with Crippen molar-refractivity contribution < 1.29 is 4.39 Å². The van der Waals surface area contributed by atoms with Crippen LogP contribution in [0.2, 0.25) is 0 Å². The first kappa shape index (κ1) is 11.6.